The zero-order chi connectivity index (χ0) is 19.0. The summed E-state index contributed by atoms with van der Waals surface area (Å²) in [6, 6.07) is 5.43. The average Bonchev–Trinajstić information content (AvgIpc) is 2.59. The molecule has 0 bridgehead atoms. The second kappa shape index (κ2) is 9.72. The van der Waals surface area contributed by atoms with Crippen molar-refractivity contribution in [1.82, 2.24) is 0 Å². The molecule has 1 aromatic carbocycles. The molecule has 1 heterocycles. The van der Waals surface area contributed by atoms with Crippen LogP contribution in [0.5, 0.6) is 0 Å². The van der Waals surface area contributed by atoms with E-state index in [9.17, 15) is 9.59 Å². The number of quaternary nitrogens is 1. The van der Waals surface area contributed by atoms with Gasteiger partial charge in [0.2, 0.25) is 0 Å². The number of likely N-dealkylation sites (N-methyl/N-ethyl adjacent to an activating group) is 1. The normalized spacial score (nSPS) is 17.0. The fourth-order valence-corrected chi connectivity index (χ4v) is 3.82. The van der Waals surface area contributed by atoms with E-state index in [0.717, 1.165) is 29.7 Å². The number of nitrogens with one attached hydrogen (secondary N) is 1. The van der Waals surface area contributed by atoms with E-state index in [1.165, 1.54) is 32.1 Å². The van der Waals surface area contributed by atoms with Crippen molar-refractivity contribution < 1.29 is 18.8 Å². The zero-order valence-corrected chi connectivity index (χ0v) is 16.5. The Morgan fingerprint density at radius 1 is 1.08 bits per heavy atom. The van der Waals surface area contributed by atoms with Gasteiger partial charge in [-0.25, -0.2) is 4.79 Å². The number of carbonyl (C=O) groups excluding carboxylic acids is 2. The summed E-state index contributed by atoms with van der Waals surface area (Å²) in [7, 11) is 0. The molecule has 144 valence electrons. The van der Waals surface area contributed by atoms with Crippen molar-refractivity contribution in [3.8, 4) is 0 Å². The summed E-state index contributed by atoms with van der Waals surface area (Å²) >= 11 is 0. The number of ether oxygens (including phenoxy) is 1. The highest BCUT2D eigenvalue weighted by molar-refractivity contribution is 6.02. The third kappa shape index (κ3) is 5.31. The van der Waals surface area contributed by atoms with Gasteiger partial charge in [0.1, 0.15) is 0 Å². The Morgan fingerprint density at radius 3 is 2.35 bits per heavy atom. The van der Waals surface area contributed by atoms with E-state index in [-0.39, 0.29) is 5.91 Å². The molecule has 1 fully saturated rings. The predicted molar refractivity (Wildman–Crippen MR) is 104 cm³/mol. The van der Waals surface area contributed by atoms with E-state index < -0.39 is 5.97 Å². The summed E-state index contributed by atoms with van der Waals surface area (Å²) in [5.41, 5.74) is 1.88. The minimum Gasteiger partial charge on any atom is -0.462 e. The standard InChI is InChI=1S/C21H32N2O3/c1-4-23(14-9-7-6-8-10-15-23)16-19(24)22-20-17(3)12-11-13-18(20)21(25)26-5-2/h11-13H,4-10,14-16H2,1-3H3/p+1. The van der Waals surface area contributed by atoms with E-state index in [0.29, 0.717) is 24.4 Å². The van der Waals surface area contributed by atoms with Gasteiger partial charge in [0.15, 0.2) is 6.54 Å². The Kier molecular flexibility index (Phi) is 7.64. The zero-order valence-electron chi connectivity index (χ0n) is 16.5. The van der Waals surface area contributed by atoms with Crippen molar-refractivity contribution in [3.63, 3.8) is 0 Å². The lowest BCUT2D eigenvalue weighted by molar-refractivity contribution is -0.919. The summed E-state index contributed by atoms with van der Waals surface area (Å²) in [6.45, 7) is 9.72. The Bertz CT molecular complexity index is 620. The maximum absolute atomic E-state index is 12.8. The third-order valence-corrected chi connectivity index (χ3v) is 5.45. The molecule has 1 saturated heterocycles. The van der Waals surface area contributed by atoms with Crippen LogP contribution in [0.3, 0.4) is 0 Å². The molecule has 1 aliphatic rings. The molecule has 1 amide bonds. The summed E-state index contributed by atoms with van der Waals surface area (Å²) in [5, 5.41) is 3.01. The number of benzene rings is 1. The number of esters is 1. The number of nitrogens with zero attached hydrogens (tertiary/aromatic N) is 1. The Morgan fingerprint density at radius 2 is 1.73 bits per heavy atom. The average molecular weight is 362 g/mol. The lowest BCUT2D eigenvalue weighted by Crippen LogP contribution is -2.53. The van der Waals surface area contributed by atoms with Gasteiger partial charge in [0, 0.05) is 0 Å². The number of hydrogen-bond acceptors (Lipinski definition) is 3. The van der Waals surface area contributed by atoms with E-state index in [1.807, 2.05) is 19.1 Å². The van der Waals surface area contributed by atoms with Crippen molar-refractivity contribution in [2.24, 2.45) is 0 Å². The molecule has 1 aromatic rings. The lowest BCUT2D eigenvalue weighted by atomic mass is 10.1. The third-order valence-electron chi connectivity index (χ3n) is 5.45. The van der Waals surface area contributed by atoms with Gasteiger partial charge in [-0.3, -0.25) is 4.79 Å². The van der Waals surface area contributed by atoms with Crippen LogP contribution in [0.4, 0.5) is 5.69 Å². The highest BCUT2D eigenvalue weighted by Crippen LogP contribution is 2.23. The highest BCUT2D eigenvalue weighted by atomic mass is 16.5. The van der Waals surface area contributed by atoms with E-state index >= 15 is 0 Å². The lowest BCUT2D eigenvalue weighted by Gasteiger charge is -2.38. The van der Waals surface area contributed by atoms with E-state index in [2.05, 4.69) is 12.2 Å². The SMILES string of the molecule is CCOC(=O)c1cccc(C)c1NC(=O)C[N+]1(CC)CCCCCCC1. The molecule has 0 saturated carbocycles. The van der Waals surface area contributed by atoms with Gasteiger partial charge in [-0.1, -0.05) is 18.6 Å². The largest absolute Gasteiger partial charge is 0.462 e. The summed E-state index contributed by atoms with van der Waals surface area (Å²) in [5.74, 6) is -0.413. The van der Waals surface area contributed by atoms with Gasteiger partial charge in [-0.05, 0) is 58.1 Å². The van der Waals surface area contributed by atoms with Crippen LogP contribution in [-0.2, 0) is 9.53 Å². The number of anilines is 1. The van der Waals surface area contributed by atoms with Gasteiger partial charge in [0.05, 0.1) is 37.5 Å². The molecule has 1 N–H and O–H groups in total. The monoisotopic (exact) mass is 361 g/mol. The van der Waals surface area contributed by atoms with Gasteiger partial charge < -0.3 is 14.5 Å². The number of rotatable bonds is 6. The van der Waals surface area contributed by atoms with Crippen LogP contribution < -0.4 is 5.32 Å². The van der Waals surface area contributed by atoms with Gasteiger partial charge in [-0.15, -0.1) is 0 Å². The first-order valence-electron chi connectivity index (χ1n) is 9.93. The van der Waals surface area contributed by atoms with Crippen molar-refractivity contribution >= 4 is 17.6 Å². The van der Waals surface area contributed by atoms with Gasteiger partial charge in [-0.2, -0.15) is 0 Å². The molecule has 0 radical (unpaired) electrons. The van der Waals surface area contributed by atoms with E-state index in [4.69, 9.17) is 4.74 Å². The van der Waals surface area contributed by atoms with Crippen molar-refractivity contribution in [2.75, 3.05) is 38.1 Å². The van der Waals surface area contributed by atoms with Crippen LogP contribution in [-0.4, -0.2) is 49.1 Å². The molecule has 26 heavy (non-hydrogen) atoms. The van der Waals surface area contributed by atoms with Gasteiger partial charge >= 0.3 is 5.97 Å². The first-order valence-corrected chi connectivity index (χ1v) is 9.93. The van der Waals surface area contributed by atoms with Crippen molar-refractivity contribution in [2.45, 2.75) is 52.9 Å². The summed E-state index contributed by atoms with van der Waals surface area (Å²) in [4.78, 5) is 25.1. The molecule has 0 aromatic heterocycles. The Labute approximate surface area is 157 Å². The summed E-state index contributed by atoms with van der Waals surface area (Å²) < 4.78 is 5.97. The van der Waals surface area contributed by atoms with Crippen LogP contribution in [0.1, 0.15) is 61.9 Å². The number of aryl methyl sites for hydroxylation is 1. The van der Waals surface area contributed by atoms with Crippen LogP contribution in [0.2, 0.25) is 0 Å². The minimum atomic E-state index is -0.392. The molecule has 0 unspecified atom stereocenters. The first-order chi connectivity index (χ1) is 12.5. The smallest absolute Gasteiger partial charge is 0.340 e. The number of para-hydroxylation sites is 1. The maximum atomic E-state index is 12.8. The molecular formula is C21H33N2O3+. The fraction of sp³-hybridized carbons (Fsp3) is 0.619. The quantitative estimate of drug-likeness (QED) is 0.617. The number of amides is 1. The Balaban J connectivity index is 2.14. The number of hydrogen-bond donors (Lipinski definition) is 1. The molecule has 0 aliphatic carbocycles. The van der Waals surface area contributed by atoms with Crippen LogP contribution in [0.15, 0.2) is 18.2 Å². The van der Waals surface area contributed by atoms with Gasteiger partial charge in [0.25, 0.3) is 5.91 Å². The van der Waals surface area contributed by atoms with Crippen LogP contribution >= 0.6 is 0 Å². The second-order valence-electron chi connectivity index (χ2n) is 7.30. The molecule has 5 nitrogen and oxygen atoms in total. The maximum Gasteiger partial charge on any atom is 0.340 e. The highest BCUT2D eigenvalue weighted by Gasteiger charge is 2.29. The molecular weight excluding hydrogens is 328 g/mol. The molecule has 2 rings (SSSR count). The number of likely N-dealkylation sites (tertiary alicyclic amines) is 1. The Hall–Kier alpha value is -1.88. The minimum absolute atomic E-state index is 0.0210. The predicted octanol–water partition coefficient (Wildman–Crippen LogP) is 3.91. The van der Waals surface area contributed by atoms with Crippen LogP contribution in [0, 0.1) is 6.92 Å². The topological polar surface area (TPSA) is 55.4 Å². The van der Waals surface area contributed by atoms with E-state index in [1.54, 1.807) is 13.0 Å². The van der Waals surface area contributed by atoms with Crippen LogP contribution in [0.25, 0.3) is 0 Å². The molecule has 0 spiro atoms. The second-order valence-corrected chi connectivity index (χ2v) is 7.30. The first kappa shape index (κ1) is 20.4. The van der Waals surface area contributed by atoms with Crippen molar-refractivity contribution in [3.05, 3.63) is 29.3 Å². The fourth-order valence-electron chi connectivity index (χ4n) is 3.82. The molecule has 0 atom stereocenters. The molecule has 5 heteroatoms. The van der Waals surface area contributed by atoms with Crippen molar-refractivity contribution in [1.29, 1.82) is 0 Å². The molecule has 1 aliphatic heterocycles. The number of carbonyl (C=O) groups is 2. The summed E-state index contributed by atoms with van der Waals surface area (Å²) in [6.07, 6.45) is 6.18.